The molecule has 100 valence electrons. The maximum atomic E-state index is 5.97. The number of rotatable bonds is 3. The molecule has 1 aliphatic heterocycles. The Morgan fingerprint density at radius 2 is 2.16 bits per heavy atom. The second kappa shape index (κ2) is 5.72. The summed E-state index contributed by atoms with van der Waals surface area (Å²) in [6.07, 6.45) is 2.80. The van der Waals surface area contributed by atoms with Crippen LogP contribution in [0.25, 0.3) is 0 Å². The number of halogens is 1. The van der Waals surface area contributed by atoms with E-state index in [4.69, 9.17) is 16.1 Å². The van der Waals surface area contributed by atoms with Crippen LogP contribution in [0.4, 0.5) is 0 Å². The molecular weight excluding hydrogens is 262 g/mol. The average Bonchev–Trinajstić information content (AvgIpc) is 2.88. The Morgan fingerprint density at radius 1 is 1.32 bits per heavy atom. The highest BCUT2D eigenvalue weighted by atomic mass is 35.5. The van der Waals surface area contributed by atoms with Crippen molar-refractivity contribution in [2.45, 2.75) is 25.2 Å². The SMILES string of the molecule is Clc1cccc(Cc2noc(C3CCNCC3)n2)c1. The van der Waals surface area contributed by atoms with E-state index < -0.39 is 0 Å². The Labute approximate surface area is 117 Å². The minimum atomic E-state index is 0.405. The van der Waals surface area contributed by atoms with Crippen molar-refractivity contribution in [2.24, 2.45) is 0 Å². The van der Waals surface area contributed by atoms with Crippen molar-refractivity contribution < 1.29 is 4.52 Å². The van der Waals surface area contributed by atoms with Crippen molar-refractivity contribution in [1.82, 2.24) is 15.5 Å². The number of aromatic nitrogens is 2. The van der Waals surface area contributed by atoms with Gasteiger partial charge in [0, 0.05) is 17.4 Å². The summed E-state index contributed by atoms with van der Waals surface area (Å²) in [5.41, 5.74) is 1.10. The maximum absolute atomic E-state index is 5.97. The normalized spacial score (nSPS) is 16.7. The quantitative estimate of drug-likeness (QED) is 0.937. The number of hydrogen-bond acceptors (Lipinski definition) is 4. The number of piperidine rings is 1. The third kappa shape index (κ3) is 3.14. The summed E-state index contributed by atoms with van der Waals surface area (Å²) in [6, 6.07) is 7.75. The van der Waals surface area contributed by atoms with Crippen molar-refractivity contribution >= 4 is 11.6 Å². The van der Waals surface area contributed by atoms with Gasteiger partial charge < -0.3 is 9.84 Å². The molecule has 19 heavy (non-hydrogen) atoms. The molecule has 1 aliphatic rings. The molecule has 0 saturated carbocycles. The van der Waals surface area contributed by atoms with Gasteiger partial charge in [-0.2, -0.15) is 4.98 Å². The largest absolute Gasteiger partial charge is 0.339 e. The molecule has 0 atom stereocenters. The third-order valence-electron chi connectivity index (χ3n) is 3.42. The summed E-state index contributed by atoms with van der Waals surface area (Å²) in [5.74, 6) is 1.91. The van der Waals surface area contributed by atoms with E-state index in [1.807, 2.05) is 24.3 Å². The van der Waals surface area contributed by atoms with Gasteiger partial charge in [0.1, 0.15) is 0 Å². The molecular formula is C14H16ClN3O. The fourth-order valence-electron chi connectivity index (χ4n) is 2.40. The Morgan fingerprint density at radius 3 is 2.95 bits per heavy atom. The van der Waals surface area contributed by atoms with E-state index in [0.717, 1.165) is 48.2 Å². The smallest absolute Gasteiger partial charge is 0.229 e. The third-order valence-corrected chi connectivity index (χ3v) is 3.66. The van der Waals surface area contributed by atoms with Crippen LogP contribution in [-0.4, -0.2) is 23.2 Å². The van der Waals surface area contributed by atoms with E-state index >= 15 is 0 Å². The first-order valence-electron chi connectivity index (χ1n) is 6.59. The number of benzene rings is 1. The molecule has 2 heterocycles. The van der Waals surface area contributed by atoms with Gasteiger partial charge in [0.25, 0.3) is 0 Å². The molecule has 1 aromatic carbocycles. The monoisotopic (exact) mass is 277 g/mol. The molecule has 0 unspecified atom stereocenters. The van der Waals surface area contributed by atoms with E-state index in [-0.39, 0.29) is 0 Å². The molecule has 1 aromatic heterocycles. The van der Waals surface area contributed by atoms with Crippen molar-refractivity contribution in [3.8, 4) is 0 Å². The van der Waals surface area contributed by atoms with Crippen LogP contribution in [0, 0.1) is 0 Å². The second-order valence-corrected chi connectivity index (χ2v) is 5.32. The lowest BCUT2D eigenvalue weighted by molar-refractivity contribution is 0.318. The van der Waals surface area contributed by atoms with Crippen LogP contribution >= 0.6 is 11.6 Å². The lowest BCUT2D eigenvalue weighted by atomic mass is 9.98. The van der Waals surface area contributed by atoms with Gasteiger partial charge in [0.05, 0.1) is 0 Å². The van der Waals surface area contributed by atoms with Gasteiger partial charge in [0.15, 0.2) is 5.82 Å². The van der Waals surface area contributed by atoms with Crippen LogP contribution in [0.5, 0.6) is 0 Å². The highest BCUT2D eigenvalue weighted by Gasteiger charge is 2.21. The first-order chi connectivity index (χ1) is 9.31. The molecule has 4 nitrogen and oxygen atoms in total. The van der Waals surface area contributed by atoms with Gasteiger partial charge in [0.2, 0.25) is 5.89 Å². The summed E-state index contributed by atoms with van der Waals surface area (Å²) in [4.78, 5) is 4.51. The van der Waals surface area contributed by atoms with Crippen molar-refractivity contribution in [1.29, 1.82) is 0 Å². The molecule has 0 spiro atoms. The van der Waals surface area contributed by atoms with Crippen LogP contribution < -0.4 is 5.32 Å². The molecule has 1 saturated heterocycles. The molecule has 0 aliphatic carbocycles. The first-order valence-corrected chi connectivity index (χ1v) is 6.97. The summed E-state index contributed by atoms with van der Waals surface area (Å²) in [7, 11) is 0. The van der Waals surface area contributed by atoms with Crippen LogP contribution in [0.3, 0.4) is 0 Å². The fraction of sp³-hybridized carbons (Fsp3) is 0.429. The maximum Gasteiger partial charge on any atom is 0.229 e. The number of nitrogens with one attached hydrogen (secondary N) is 1. The summed E-state index contributed by atoms with van der Waals surface area (Å²) < 4.78 is 5.38. The van der Waals surface area contributed by atoms with E-state index in [2.05, 4.69) is 15.5 Å². The minimum absolute atomic E-state index is 0.405. The van der Waals surface area contributed by atoms with Gasteiger partial charge in [-0.3, -0.25) is 0 Å². The van der Waals surface area contributed by atoms with E-state index in [1.165, 1.54) is 0 Å². The average molecular weight is 278 g/mol. The summed E-state index contributed by atoms with van der Waals surface area (Å²) in [5, 5.41) is 8.14. The van der Waals surface area contributed by atoms with Gasteiger partial charge >= 0.3 is 0 Å². The van der Waals surface area contributed by atoms with Crippen molar-refractivity contribution in [3.63, 3.8) is 0 Å². The van der Waals surface area contributed by atoms with E-state index in [0.29, 0.717) is 12.3 Å². The molecule has 1 N–H and O–H groups in total. The predicted octanol–water partition coefficient (Wildman–Crippen LogP) is 2.78. The Kier molecular flexibility index (Phi) is 3.80. The molecule has 0 amide bonds. The zero-order chi connectivity index (χ0) is 13.1. The Hall–Kier alpha value is -1.39. The predicted molar refractivity (Wildman–Crippen MR) is 73.4 cm³/mol. The highest BCUT2D eigenvalue weighted by molar-refractivity contribution is 6.30. The molecule has 0 bridgehead atoms. The van der Waals surface area contributed by atoms with Crippen LogP contribution in [0.1, 0.15) is 36.0 Å². The van der Waals surface area contributed by atoms with Gasteiger partial charge in [-0.1, -0.05) is 28.9 Å². The molecule has 1 fully saturated rings. The molecule has 5 heteroatoms. The van der Waals surface area contributed by atoms with Gasteiger partial charge in [-0.25, -0.2) is 0 Å². The number of nitrogens with zero attached hydrogens (tertiary/aromatic N) is 2. The van der Waals surface area contributed by atoms with Crippen LogP contribution in [0.15, 0.2) is 28.8 Å². The lowest BCUT2D eigenvalue weighted by Gasteiger charge is -2.18. The number of hydrogen-bond donors (Lipinski definition) is 1. The van der Waals surface area contributed by atoms with Crippen molar-refractivity contribution in [2.75, 3.05) is 13.1 Å². The standard InChI is InChI=1S/C14H16ClN3O/c15-12-3-1-2-10(8-12)9-13-17-14(19-18-13)11-4-6-16-7-5-11/h1-3,8,11,16H,4-7,9H2. The molecule has 0 radical (unpaired) electrons. The minimum Gasteiger partial charge on any atom is -0.339 e. The highest BCUT2D eigenvalue weighted by Crippen LogP contribution is 2.24. The van der Waals surface area contributed by atoms with Crippen LogP contribution in [0.2, 0.25) is 5.02 Å². The van der Waals surface area contributed by atoms with E-state index in [9.17, 15) is 0 Å². The van der Waals surface area contributed by atoms with Gasteiger partial charge in [-0.15, -0.1) is 0 Å². The van der Waals surface area contributed by atoms with Crippen molar-refractivity contribution in [3.05, 3.63) is 46.6 Å². The summed E-state index contributed by atoms with van der Waals surface area (Å²) >= 11 is 5.97. The van der Waals surface area contributed by atoms with Crippen LogP contribution in [-0.2, 0) is 6.42 Å². The zero-order valence-electron chi connectivity index (χ0n) is 10.6. The van der Waals surface area contributed by atoms with Gasteiger partial charge in [-0.05, 0) is 43.6 Å². The van der Waals surface area contributed by atoms with E-state index in [1.54, 1.807) is 0 Å². The Balaban J connectivity index is 1.70. The zero-order valence-corrected chi connectivity index (χ0v) is 11.4. The lowest BCUT2D eigenvalue weighted by Crippen LogP contribution is -2.26. The molecule has 3 rings (SSSR count). The topological polar surface area (TPSA) is 51.0 Å². The second-order valence-electron chi connectivity index (χ2n) is 4.88. The first kappa shape index (κ1) is 12.6. The molecule has 2 aromatic rings. The summed E-state index contributed by atoms with van der Waals surface area (Å²) in [6.45, 7) is 2.05. The fourth-order valence-corrected chi connectivity index (χ4v) is 2.62. The Bertz CT molecular complexity index is 549.